The number of aryl methyl sites for hydroxylation is 2. The van der Waals surface area contributed by atoms with Crippen molar-refractivity contribution < 1.29 is 4.79 Å². The van der Waals surface area contributed by atoms with E-state index in [1.54, 1.807) is 11.7 Å². The van der Waals surface area contributed by atoms with Crippen molar-refractivity contribution in [3.63, 3.8) is 0 Å². The zero-order chi connectivity index (χ0) is 14.1. The van der Waals surface area contributed by atoms with Gasteiger partial charge in [-0.2, -0.15) is 0 Å². The van der Waals surface area contributed by atoms with Gasteiger partial charge < -0.3 is 4.98 Å². The van der Waals surface area contributed by atoms with Crippen molar-refractivity contribution in [3.05, 3.63) is 35.5 Å². The summed E-state index contributed by atoms with van der Waals surface area (Å²) in [4.78, 5) is 15.7. The molecule has 1 aromatic carbocycles. The molecule has 20 heavy (non-hydrogen) atoms. The first-order chi connectivity index (χ1) is 9.66. The molecule has 0 fully saturated rings. The highest BCUT2D eigenvalue weighted by molar-refractivity contribution is 7.99. The van der Waals surface area contributed by atoms with Gasteiger partial charge in [0.2, 0.25) is 5.16 Å². The molecule has 2 aromatic heterocycles. The first-order valence-corrected chi connectivity index (χ1v) is 7.11. The molecule has 7 heteroatoms. The lowest BCUT2D eigenvalue weighted by molar-refractivity contribution is 0.102. The van der Waals surface area contributed by atoms with Crippen molar-refractivity contribution in [1.82, 2.24) is 25.2 Å². The van der Waals surface area contributed by atoms with Crippen LogP contribution in [-0.4, -0.2) is 36.7 Å². The molecule has 6 nitrogen and oxygen atoms in total. The third kappa shape index (κ3) is 2.20. The quantitative estimate of drug-likeness (QED) is 0.586. The van der Waals surface area contributed by atoms with E-state index in [4.69, 9.17) is 0 Å². The van der Waals surface area contributed by atoms with Gasteiger partial charge in [0.15, 0.2) is 5.78 Å². The number of aromatic nitrogens is 5. The Labute approximate surface area is 119 Å². The summed E-state index contributed by atoms with van der Waals surface area (Å²) < 4.78 is 1.56. The summed E-state index contributed by atoms with van der Waals surface area (Å²) in [6, 6.07) is 7.82. The molecule has 0 unspecified atom stereocenters. The number of ketones is 1. The Morgan fingerprint density at radius 2 is 2.20 bits per heavy atom. The van der Waals surface area contributed by atoms with Crippen LogP contribution in [0.3, 0.4) is 0 Å². The number of tetrazole rings is 1. The van der Waals surface area contributed by atoms with E-state index in [0.717, 1.165) is 22.2 Å². The number of thioether (sulfide) groups is 1. The molecule has 0 amide bonds. The van der Waals surface area contributed by atoms with Crippen molar-refractivity contribution in [2.45, 2.75) is 12.1 Å². The topological polar surface area (TPSA) is 76.5 Å². The van der Waals surface area contributed by atoms with Crippen LogP contribution in [0.2, 0.25) is 0 Å². The van der Waals surface area contributed by atoms with Crippen molar-refractivity contribution in [2.24, 2.45) is 7.05 Å². The maximum absolute atomic E-state index is 12.4. The summed E-state index contributed by atoms with van der Waals surface area (Å²) in [5.41, 5.74) is 2.63. The average Bonchev–Trinajstić information content (AvgIpc) is 2.98. The number of carbonyl (C=O) groups excluding carboxylic acids is 1. The molecular weight excluding hydrogens is 274 g/mol. The first kappa shape index (κ1) is 12.9. The van der Waals surface area contributed by atoms with Crippen LogP contribution in [0.15, 0.2) is 29.4 Å². The van der Waals surface area contributed by atoms with Gasteiger partial charge in [-0.15, -0.1) is 5.10 Å². The van der Waals surface area contributed by atoms with Gasteiger partial charge in [-0.05, 0) is 23.4 Å². The zero-order valence-corrected chi connectivity index (χ0v) is 11.9. The molecule has 0 aliphatic heterocycles. The van der Waals surface area contributed by atoms with Crippen molar-refractivity contribution >= 4 is 28.4 Å². The summed E-state index contributed by atoms with van der Waals surface area (Å²) >= 11 is 1.34. The summed E-state index contributed by atoms with van der Waals surface area (Å²) in [7, 11) is 1.75. The molecule has 0 spiro atoms. The highest BCUT2D eigenvalue weighted by Crippen LogP contribution is 2.24. The van der Waals surface area contributed by atoms with E-state index in [2.05, 4.69) is 20.5 Å². The van der Waals surface area contributed by atoms with E-state index in [0.29, 0.717) is 10.9 Å². The number of benzene rings is 1. The molecule has 1 N–H and O–H groups in total. The predicted molar refractivity (Wildman–Crippen MR) is 76.9 cm³/mol. The third-order valence-electron chi connectivity index (χ3n) is 3.09. The maximum atomic E-state index is 12.4. The lowest BCUT2D eigenvalue weighted by Crippen LogP contribution is -2.05. The van der Waals surface area contributed by atoms with Gasteiger partial charge in [0.1, 0.15) is 0 Å². The monoisotopic (exact) mass is 287 g/mol. The number of nitrogens with one attached hydrogen (secondary N) is 1. The number of fused-ring (bicyclic) bond motifs is 1. The Kier molecular flexibility index (Phi) is 3.27. The van der Waals surface area contributed by atoms with Crippen LogP contribution < -0.4 is 0 Å². The van der Waals surface area contributed by atoms with E-state index >= 15 is 0 Å². The minimum Gasteiger partial charge on any atom is -0.358 e. The third-order valence-corrected chi connectivity index (χ3v) is 4.10. The Morgan fingerprint density at radius 3 is 2.95 bits per heavy atom. The fourth-order valence-electron chi connectivity index (χ4n) is 2.18. The minimum absolute atomic E-state index is 0.0768. The predicted octanol–water partition coefficient (Wildman–Crippen LogP) is 1.97. The van der Waals surface area contributed by atoms with Crippen molar-refractivity contribution in [2.75, 3.05) is 5.75 Å². The second-order valence-electron chi connectivity index (χ2n) is 4.47. The van der Waals surface area contributed by atoms with Gasteiger partial charge in [-0.1, -0.05) is 30.0 Å². The Balaban J connectivity index is 1.86. The number of Topliss-reactive ketones (excluding diaryl/α,β-unsaturated/α-hetero) is 1. The highest BCUT2D eigenvalue weighted by Gasteiger charge is 2.17. The highest BCUT2D eigenvalue weighted by atomic mass is 32.2. The fraction of sp³-hybridized carbons (Fsp3) is 0.231. The summed E-state index contributed by atoms with van der Waals surface area (Å²) in [5.74, 6) is 0.393. The lowest BCUT2D eigenvalue weighted by atomic mass is 10.1. The van der Waals surface area contributed by atoms with Gasteiger partial charge in [0, 0.05) is 29.2 Å². The van der Waals surface area contributed by atoms with Crippen molar-refractivity contribution in [1.29, 1.82) is 0 Å². The Morgan fingerprint density at radius 1 is 1.40 bits per heavy atom. The van der Waals surface area contributed by atoms with Crippen LogP contribution in [0.1, 0.15) is 16.1 Å². The number of nitrogens with zero attached hydrogens (tertiary/aromatic N) is 4. The first-order valence-electron chi connectivity index (χ1n) is 6.12. The van der Waals surface area contributed by atoms with Gasteiger partial charge in [0.05, 0.1) is 5.75 Å². The van der Waals surface area contributed by atoms with Crippen molar-refractivity contribution in [3.8, 4) is 0 Å². The minimum atomic E-state index is 0.0768. The second-order valence-corrected chi connectivity index (χ2v) is 5.41. The van der Waals surface area contributed by atoms with Gasteiger partial charge in [-0.3, -0.25) is 4.79 Å². The molecule has 0 radical (unpaired) electrons. The molecule has 3 rings (SSSR count). The molecule has 0 atom stereocenters. The normalized spacial score (nSPS) is 11.1. The molecule has 0 saturated carbocycles. The largest absolute Gasteiger partial charge is 0.358 e. The van der Waals surface area contributed by atoms with Crippen LogP contribution in [-0.2, 0) is 7.05 Å². The molecule has 0 aliphatic carbocycles. The SMILES string of the molecule is Cc1[nH]c2ccccc2c1C(=O)CSc1nnnn1C. The maximum Gasteiger partial charge on any atom is 0.209 e. The second kappa shape index (κ2) is 5.09. The number of rotatable bonds is 4. The van der Waals surface area contributed by atoms with E-state index in [9.17, 15) is 4.79 Å². The number of hydrogen-bond donors (Lipinski definition) is 1. The average molecular weight is 287 g/mol. The Bertz CT molecular complexity index is 776. The van der Waals surface area contributed by atoms with Crippen LogP contribution in [0.5, 0.6) is 0 Å². The number of carbonyl (C=O) groups is 1. The van der Waals surface area contributed by atoms with Gasteiger partial charge in [0.25, 0.3) is 0 Å². The summed E-state index contributed by atoms with van der Waals surface area (Å²) in [6.07, 6.45) is 0. The summed E-state index contributed by atoms with van der Waals surface area (Å²) in [5, 5.41) is 12.8. The molecule has 0 saturated heterocycles. The van der Waals surface area contributed by atoms with Crippen LogP contribution >= 0.6 is 11.8 Å². The van der Waals surface area contributed by atoms with Gasteiger partial charge in [-0.25, -0.2) is 4.68 Å². The standard InChI is InChI=1S/C13H13N5OS/c1-8-12(9-5-3-4-6-10(9)14-8)11(19)7-20-13-15-16-17-18(13)2/h3-6,14H,7H2,1-2H3. The summed E-state index contributed by atoms with van der Waals surface area (Å²) in [6.45, 7) is 1.92. The molecule has 2 heterocycles. The number of aromatic amines is 1. The molecule has 3 aromatic rings. The van der Waals surface area contributed by atoms with E-state index in [-0.39, 0.29) is 5.78 Å². The van der Waals surface area contributed by atoms with E-state index < -0.39 is 0 Å². The van der Waals surface area contributed by atoms with E-state index in [1.165, 1.54) is 11.8 Å². The van der Waals surface area contributed by atoms with E-state index in [1.807, 2.05) is 31.2 Å². The Hall–Kier alpha value is -2.15. The number of para-hydroxylation sites is 1. The molecule has 0 bridgehead atoms. The smallest absolute Gasteiger partial charge is 0.209 e. The van der Waals surface area contributed by atoms with Crippen LogP contribution in [0.4, 0.5) is 0 Å². The fourth-order valence-corrected chi connectivity index (χ4v) is 2.90. The van der Waals surface area contributed by atoms with Gasteiger partial charge >= 0.3 is 0 Å². The lowest BCUT2D eigenvalue weighted by Gasteiger charge is -2.00. The molecular formula is C13H13N5OS. The van der Waals surface area contributed by atoms with Crippen LogP contribution in [0, 0.1) is 6.92 Å². The molecule has 102 valence electrons. The zero-order valence-electron chi connectivity index (χ0n) is 11.1. The van der Waals surface area contributed by atoms with Crippen LogP contribution in [0.25, 0.3) is 10.9 Å². The number of hydrogen-bond acceptors (Lipinski definition) is 5. The number of H-pyrrole nitrogens is 1. The molecule has 0 aliphatic rings.